The highest BCUT2D eigenvalue weighted by atomic mass is 15.2. The van der Waals surface area contributed by atoms with Crippen LogP contribution >= 0.6 is 0 Å². The van der Waals surface area contributed by atoms with Gasteiger partial charge in [0.05, 0.1) is 0 Å². The summed E-state index contributed by atoms with van der Waals surface area (Å²) < 4.78 is 0. The van der Waals surface area contributed by atoms with E-state index in [1.165, 1.54) is 45.3 Å². The van der Waals surface area contributed by atoms with Crippen molar-refractivity contribution in [1.82, 2.24) is 10.2 Å². The third-order valence-electron chi connectivity index (χ3n) is 4.09. The van der Waals surface area contributed by atoms with Gasteiger partial charge in [0.1, 0.15) is 0 Å². The molecule has 0 bridgehead atoms. The Morgan fingerprint density at radius 3 is 2.80 bits per heavy atom. The van der Waals surface area contributed by atoms with Crippen LogP contribution in [0.2, 0.25) is 0 Å². The molecular weight excluding hydrogens is 184 g/mol. The van der Waals surface area contributed by atoms with Gasteiger partial charge < -0.3 is 5.32 Å². The summed E-state index contributed by atoms with van der Waals surface area (Å²) in [7, 11) is 0. The van der Waals surface area contributed by atoms with E-state index < -0.39 is 0 Å². The smallest absolute Gasteiger partial charge is 0.0238 e. The first-order valence-corrected chi connectivity index (χ1v) is 6.60. The first kappa shape index (κ1) is 11.4. The number of hydrogen-bond donors (Lipinski definition) is 1. The van der Waals surface area contributed by atoms with Crippen LogP contribution in [0.25, 0.3) is 0 Å². The van der Waals surface area contributed by atoms with Crippen molar-refractivity contribution in [2.45, 2.75) is 58.0 Å². The van der Waals surface area contributed by atoms with Crippen LogP contribution in [-0.4, -0.2) is 36.1 Å². The van der Waals surface area contributed by atoms with Crippen LogP contribution in [0, 0.1) is 5.92 Å². The van der Waals surface area contributed by atoms with Crippen molar-refractivity contribution in [3.8, 4) is 0 Å². The van der Waals surface area contributed by atoms with Gasteiger partial charge in [0.25, 0.3) is 0 Å². The molecule has 0 aliphatic carbocycles. The molecule has 2 saturated heterocycles. The Balaban J connectivity index is 1.81. The average molecular weight is 210 g/mol. The van der Waals surface area contributed by atoms with Crippen molar-refractivity contribution in [2.24, 2.45) is 5.92 Å². The molecule has 2 atom stereocenters. The minimum absolute atomic E-state index is 0.369. The van der Waals surface area contributed by atoms with Crippen LogP contribution in [0.1, 0.15) is 46.5 Å². The molecule has 2 heterocycles. The van der Waals surface area contributed by atoms with Crippen molar-refractivity contribution in [1.29, 1.82) is 0 Å². The molecule has 0 amide bonds. The third-order valence-corrected chi connectivity index (χ3v) is 4.09. The van der Waals surface area contributed by atoms with Gasteiger partial charge >= 0.3 is 0 Å². The van der Waals surface area contributed by atoms with E-state index in [0.717, 1.165) is 12.0 Å². The summed E-state index contributed by atoms with van der Waals surface area (Å²) in [5.74, 6) is 0.985. The molecule has 15 heavy (non-hydrogen) atoms. The first-order valence-electron chi connectivity index (χ1n) is 6.60. The summed E-state index contributed by atoms with van der Waals surface area (Å²) in [6.07, 6.45) is 5.55. The Labute approximate surface area is 94.4 Å². The van der Waals surface area contributed by atoms with Crippen molar-refractivity contribution < 1.29 is 0 Å². The van der Waals surface area contributed by atoms with Crippen molar-refractivity contribution in [3.05, 3.63) is 0 Å². The van der Waals surface area contributed by atoms with E-state index in [1.54, 1.807) is 0 Å². The molecule has 2 aliphatic rings. The largest absolute Gasteiger partial charge is 0.310 e. The van der Waals surface area contributed by atoms with Crippen LogP contribution in [0.4, 0.5) is 0 Å². The van der Waals surface area contributed by atoms with Gasteiger partial charge in [-0.15, -0.1) is 0 Å². The minimum Gasteiger partial charge on any atom is -0.310 e. The van der Waals surface area contributed by atoms with E-state index in [0.29, 0.717) is 5.54 Å². The predicted molar refractivity (Wildman–Crippen MR) is 65.1 cm³/mol. The Hall–Kier alpha value is -0.0800. The highest BCUT2D eigenvalue weighted by Crippen LogP contribution is 2.28. The Bertz CT molecular complexity index is 213. The van der Waals surface area contributed by atoms with Crippen molar-refractivity contribution >= 4 is 0 Å². The Morgan fingerprint density at radius 1 is 1.40 bits per heavy atom. The van der Waals surface area contributed by atoms with Crippen LogP contribution in [-0.2, 0) is 0 Å². The molecule has 2 heteroatoms. The SMILES string of the molecule is CCCC1CCN(C2CNC(C)(C)C2)C1. The van der Waals surface area contributed by atoms with Crippen LogP contribution in [0.5, 0.6) is 0 Å². The zero-order valence-corrected chi connectivity index (χ0v) is 10.6. The molecule has 2 unspecified atom stereocenters. The van der Waals surface area contributed by atoms with Gasteiger partial charge in [-0.2, -0.15) is 0 Å². The van der Waals surface area contributed by atoms with Crippen LogP contribution < -0.4 is 5.32 Å². The van der Waals surface area contributed by atoms with E-state index in [1.807, 2.05) is 0 Å². The summed E-state index contributed by atoms with van der Waals surface area (Å²) in [6.45, 7) is 10.9. The van der Waals surface area contributed by atoms with Gasteiger partial charge in [-0.3, -0.25) is 4.90 Å². The molecule has 88 valence electrons. The fourth-order valence-corrected chi connectivity index (χ4v) is 3.22. The van der Waals surface area contributed by atoms with Crippen LogP contribution in [0.3, 0.4) is 0 Å². The number of rotatable bonds is 3. The molecule has 2 rings (SSSR count). The molecule has 0 aromatic carbocycles. The monoisotopic (exact) mass is 210 g/mol. The van der Waals surface area contributed by atoms with Gasteiger partial charge in [-0.25, -0.2) is 0 Å². The highest BCUT2D eigenvalue weighted by Gasteiger charge is 2.36. The average Bonchev–Trinajstić information content (AvgIpc) is 2.73. The molecule has 0 aromatic rings. The number of nitrogens with one attached hydrogen (secondary N) is 1. The topological polar surface area (TPSA) is 15.3 Å². The maximum Gasteiger partial charge on any atom is 0.0238 e. The summed E-state index contributed by atoms with van der Waals surface area (Å²) in [5, 5.41) is 3.63. The molecule has 1 N–H and O–H groups in total. The second-order valence-electron chi connectivity index (χ2n) is 6.06. The van der Waals surface area contributed by atoms with E-state index in [4.69, 9.17) is 0 Å². The molecule has 2 fully saturated rings. The molecule has 0 saturated carbocycles. The van der Waals surface area contributed by atoms with Gasteiger partial charge in [-0.1, -0.05) is 13.3 Å². The number of hydrogen-bond acceptors (Lipinski definition) is 2. The minimum atomic E-state index is 0.369. The van der Waals surface area contributed by atoms with Gasteiger partial charge in [0.15, 0.2) is 0 Å². The lowest BCUT2D eigenvalue weighted by molar-refractivity contribution is 0.238. The maximum absolute atomic E-state index is 3.63. The van der Waals surface area contributed by atoms with E-state index >= 15 is 0 Å². The first-order chi connectivity index (χ1) is 7.11. The fourth-order valence-electron chi connectivity index (χ4n) is 3.22. The highest BCUT2D eigenvalue weighted by molar-refractivity contribution is 4.96. The van der Waals surface area contributed by atoms with E-state index in [2.05, 4.69) is 31.0 Å². The van der Waals surface area contributed by atoms with Crippen molar-refractivity contribution in [3.63, 3.8) is 0 Å². The molecule has 0 aromatic heterocycles. The van der Waals surface area contributed by atoms with E-state index in [9.17, 15) is 0 Å². The van der Waals surface area contributed by atoms with Gasteiger partial charge in [0, 0.05) is 24.7 Å². The molecule has 2 nitrogen and oxygen atoms in total. The Morgan fingerprint density at radius 2 is 2.20 bits per heavy atom. The zero-order valence-electron chi connectivity index (χ0n) is 10.6. The molecule has 2 aliphatic heterocycles. The van der Waals surface area contributed by atoms with Crippen LogP contribution in [0.15, 0.2) is 0 Å². The summed E-state index contributed by atoms with van der Waals surface area (Å²) in [6, 6.07) is 0.807. The predicted octanol–water partition coefficient (Wildman–Crippen LogP) is 2.25. The van der Waals surface area contributed by atoms with Gasteiger partial charge in [0.2, 0.25) is 0 Å². The zero-order chi connectivity index (χ0) is 10.9. The Kier molecular flexibility index (Phi) is 3.36. The second-order valence-corrected chi connectivity index (χ2v) is 6.06. The maximum atomic E-state index is 3.63. The summed E-state index contributed by atoms with van der Waals surface area (Å²) in [4.78, 5) is 2.72. The quantitative estimate of drug-likeness (QED) is 0.768. The fraction of sp³-hybridized carbons (Fsp3) is 1.00. The summed E-state index contributed by atoms with van der Waals surface area (Å²) >= 11 is 0. The molecule has 0 spiro atoms. The molecule has 0 radical (unpaired) electrons. The molecular formula is C13H26N2. The third kappa shape index (κ3) is 2.73. The lowest BCUT2D eigenvalue weighted by atomic mass is 10.0. The van der Waals surface area contributed by atoms with E-state index in [-0.39, 0.29) is 0 Å². The normalized spacial score (nSPS) is 36.2. The lowest BCUT2D eigenvalue weighted by Crippen LogP contribution is -2.34. The van der Waals surface area contributed by atoms with Gasteiger partial charge in [-0.05, 0) is 45.6 Å². The summed E-state index contributed by atoms with van der Waals surface area (Å²) in [5.41, 5.74) is 0.369. The number of nitrogens with zero attached hydrogens (tertiary/aromatic N) is 1. The second kappa shape index (κ2) is 4.42. The standard InChI is InChI=1S/C13H26N2/c1-4-5-11-6-7-15(10-11)12-8-13(2,3)14-9-12/h11-12,14H,4-10H2,1-3H3. The lowest BCUT2D eigenvalue weighted by Gasteiger charge is -2.24. The van der Waals surface area contributed by atoms with Crippen molar-refractivity contribution in [2.75, 3.05) is 19.6 Å². The number of likely N-dealkylation sites (tertiary alicyclic amines) is 1.